The number of Topliss-reactive ketones (excluding diaryl/α,β-unsaturated/α-hetero) is 1. The molecule has 312 valence electrons. The van der Waals surface area contributed by atoms with E-state index in [-0.39, 0.29) is 36.4 Å². The number of nitrogens with one attached hydrogen (secondary N) is 3. The zero-order valence-electron chi connectivity index (χ0n) is 31.6. The number of rotatable bonds is 15. The number of ether oxygens (including phenoxy) is 3. The molecule has 0 aliphatic rings. The molecule has 0 saturated heterocycles. The monoisotopic (exact) mass is 890 g/mol. The number of thiazole rings is 2. The zero-order valence-corrected chi connectivity index (χ0v) is 35.6. The van der Waals surface area contributed by atoms with Gasteiger partial charge in [0.1, 0.15) is 19.3 Å². The van der Waals surface area contributed by atoms with Gasteiger partial charge in [-0.3, -0.25) is 15.4 Å². The van der Waals surface area contributed by atoms with E-state index in [1.807, 2.05) is 60.7 Å². The van der Waals surface area contributed by atoms with Crippen molar-refractivity contribution >= 4 is 87.0 Å². The summed E-state index contributed by atoms with van der Waals surface area (Å²) in [6.07, 6.45) is -1.33. The maximum Gasteiger partial charge on any atom is 0.413 e. The van der Waals surface area contributed by atoms with E-state index >= 15 is 0 Å². The minimum Gasteiger partial charge on any atom is -0.464 e. The highest BCUT2D eigenvalue weighted by Gasteiger charge is 2.31. The van der Waals surface area contributed by atoms with Crippen LogP contribution in [0.1, 0.15) is 48.4 Å². The highest BCUT2D eigenvalue weighted by atomic mass is 35.7. The molecule has 0 spiro atoms. The molecule has 2 unspecified atom stereocenters. The van der Waals surface area contributed by atoms with Crippen molar-refractivity contribution in [3.8, 4) is 0 Å². The van der Waals surface area contributed by atoms with Crippen LogP contribution >= 0.6 is 33.4 Å². The molecule has 0 bridgehead atoms. The molecule has 0 aliphatic carbocycles. The maximum absolute atomic E-state index is 12.2. The van der Waals surface area contributed by atoms with Gasteiger partial charge in [0.15, 0.2) is 22.1 Å². The van der Waals surface area contributed by atoms with E-state index in [1.165, 1.54) is 51.8 Å². The molecule has 4 aromatic rings. The first-order chi connectivity index (χ1) is 26.7. The number of anilines is 2. The van der Waals surface area contributed by atoms with E-state index < -0.39 is 49.7 Å². The summed E-state index contributed by atoms with van der Waals surface area (Å²) in [6.45, 7) is 3.33. The minimum atomic E-state index is -3.93. The first-order valence-corrected chi connectivity index (χ1v) is 21.8. The Balaban J connectivity index is 0.000000348. The van der Waals surface area contributed by atoms with Gasteiger partial charge in [0.05, 0.1) is 18.0 Å². The Bertz CT molecular complexity index is 2120. The summed E-state index contributed by atoms with van der Waals surface area (Å²) in [5.74, 6) is -0.986. The average molecular weight is 891 g/mol. The molecular formula is C33H43ClN8O11S4. The lowest BCUT2D eigenvalue weighted by Gasteiger charge is -2.18. The number of esters is 1. The van der Waals surface area contributed by atoms with Crippen LogP contribution in [0.15, 0.2) is 71.4 Å². The van der Waals surface area contributed by atoms with Crippen LogP contribution < -0.4 is 21.1 Å². The number of amides is 2. The van der Waals surface area contributed by atoms with Crippen LogP contribution in [-0.4, -0.2) is 94.2 Å². The average Bonchev–Trinajstić information content (AvgIpc) is 3.82. The molecule has 24 heteroatoms. The topological polar surface area (TPSA) is 259 Å². The Hall–Kier alpha value is -4.59. The van der Waals surface area contributed by atoms with Crippen molar-refractivity contribution in [2.75, 3.05) is 45.4 Å². The van der Waals surface area contributed by atoms with Gasteiger partial charge in [-0.2, -0.15) is 30.2 Å². The smallest absolute Gasteiger partial charge is 0.413 e. The zero-order chi connectivity index (χ0) is 42.8. The van der Waals surface area contributed by atoms with Gasteiger partial charge >= 0.3 is 18.2 Å². The fourth-order valence-corrected chi connectivity index (χ4v) is 5.75. The Morgan fingerprint density at radius 2 is 1.18 bits per heavy atom. The number of hydrogen-bond acceptors (Lipinski definition) is 16. The first kappa shape index (κ1) is 48.6. The molecule has 2 aromatic heterocycles. The standard InChI is InChI=1S/C17H22N4O6S2.C14H15N3O3S.C2H6ClNO2S/c1-4-26-15(22)14(20-29(24,25)21(2)3)13-11-28-16(18-13)19-17(23)27-10-12-8-6-5-7-9-12;1-9(18)12(15)11-8-21-13(16-11)17-14(19)20-7-10-5-3-2-4-6-10;1-4(2)7(3,5)6/h5-9,11,14,20H,4,10H2,1-3H3,(H,18,19,23);2-6,8,12H,7,15H2,1H3,(H,16,17,19);1-2H3. The summed E-state index contributed by atoms with van der Waals surface area (Å²) in [5.41, 5.74) is 7.91. The maximum atomic E-state index is 12.2. The van der Waals surface area contributed by atoms with Gasteiger partial charge in [0.2, 0.25) is 0 Å². The summed E-state index contributed by atoms with van der Waals surface area (Å²) >= 11 is 2.21. The summed E-state index contributed by atoms with van der Waals surface area (Å²) in [5, 5.41) is 8.54. The Morgan fingerprint density at radius 1 is 0.754 bits per heavy atom. The van der Waals surface area contributed by atoms with Gasteiger partial charge in [-0.25, -0.2) is 24.4 Å². The van der Waals surface area contributed by atoms with E-state index in [0.29, 0.717) is 10.8 Å². The van der Waals surface area contributed by atoms with Crippen LogP contribution in [0.4, 0.5) is 19.9 Å². The van der Waals surface area contributed by atoms with Gasteiger partial charge in [-0.1, -0.05) is 60.7 Å². The van der Waals surface area contributed by atoms with Crippen LogP contribution in [-0.2, 0) is 56.5 Å². The number of hydrogen-bond donors (Lipinski definition) is 4. The Morgan fingerprint density at radius 3 is 1.56 bits per heavy atom. The summed E-state index contributed by atoms with van der Waals surface area (Å²) in [6, 6.07) is 16.4. The molecule has 2 aromatic carbocycles. The molecule has 2 amide bonds. The van der Waals surface area contributed by atoms with Crippen molar-refractivity contribution < 1.29 is 50.2 Å². The normalized spacial score (nSPS) is 12.2. The molecule has 2 heterocycles. The number of carbonyl (C=O) groups excluding carboxylic acids is 4. The predicted octanol–water partition coefficient (Wildman–Crippen LogP) is 4.40. The SMILES string of the molecule is CC(=O)C(N)c1csc(NC(=O)OCc2ccccc2)n1.CCOC(=O)C(NS(=O)(=O)N(C)C)c1csc(NC(=O)OCc2ccccc2)n1.CN(C)S(=O)(=O)Cl. The van der Waals surface area contributed by atoms with Crippen molar-refractivity contribution in [3.05, 3.63) is 93.9 Å². The van der Waals surface area contributed by atoms with Gasteiger partial charge in [-0.15, -0.1) is 22.7 Å². The minimum absolute atomic E-state index is 0.0695. The second-order valence-corrected chi connectivity index (χ2v) is 17.8. The fourth-order valence-electron chi connectivity index (χ4n) is 3.57. The second kappa shape index (κ2) is 23.6. The van der Waals surface area contributed by atoms with Crippen LogP contribution in [0.2, 0.25) is 0 Å². The molecule has 4 rings (SSSR count). The summed E-state index contributed by atoms with van der Waals surface area (Å²) in [7, 11) is 2.77. The summed E-state index contributed by atoms with van der Waals surface area (Å²) < 4.78 is 63.5. The van der Waals surface area contributed by atoms with Crippen molar-refractivity contribution in [1.82, 2.24) is 23.3 Å². The number of carbonyl (C=O) groups is 4. The van der Waals surface area contributed by atoms with E-state index in [2.05, 4.69) is 25.3 Å². The van der Waals surface area contributed by atoms with E-state index in [0.717, 1.165) is 31.1 Å². The number of aromatic nitrogens is 2. The van der Waals surface area contributed by atoms with Crippen LogP contribution in [0.25, 0.3) is 0 Å². The van der Waals surface area contributed by atoms with Gasteiger partial charge in [0.25, 0.3) is 19.4 Å². The molecule has 0 aliphatic heterocycles. The first-order valence-electron chi connectivity index (χ1n) is 16.3. The molecule has 0 saturated carbocycles. The lowest BCUT2D eigenvalue weighted by molar-refractivity contribution is -0.145. The number of nitrogens with two attached hydrogens (primary N) is 1. The quantitative estimate of drug-likeness (QED) is 0.0733. The fraction of sp³-hybridized carbons (Fsp3) is 0.333. The molecule has 2 atom stereocenters. The van der Waals surface area contributed by atoms with Crippen molar-refractivity contribution in [2.45, 2.75) is 39.1 Å². The van der Waals surface area contributed by atoms with Crippen LogP contribution in [0.3, 0.4) is 0 Å². The lowest BCUT2D eigenvalue weighted by Crippen LogP contribution is -2.41. The third-order valence-electron chi connectivity index (χ3n) is 6.65. The Labute approximate surface area is 343 Å². The molecule has 0 fully saturated rings. The Kier molecular flexibility index (Phi) is 20.1. The third-order valence-corrected chi connectivity index (χ3v) is 11.4. The van der Waals surface area contributed by atoms with Crippen molar-refractivity contribution in [3.63, 3.8) is 0 Å². The number of ketones is 1. The number of halogens is 1. The molecule has 5 N–H and O–H groups in total. The largest absolute Gasteiger partial charge is 0.464 e. The van der Waals surface area contributed by atoms with Crippen molar-refractivity contribution in [2.24, 2.45) is 5.73 Å². The van der Waals surface area contributed by atoms with Crippen molar-refractivity contribution in [1.29, 1.82) is 0 Å². The second-order valence-electron chi connectivity index (χ2n) is 11.4. The van der Waals surface area contributed by atoms with Crippen LogP contribution in [0.5, 0.6) is 0 Å². The molecular weight excluding hydrogens is 848 g/mol. The molecule has 0 radical (unpaired) electrons. The predicted molar refractivity (Wildman–Crippen MR) is 216 cm³/mol. The van der Waals surface area contributed by atoms with E-state index in [9.17, 15) is 36.0 Å². The molecule has 19 nitrogen and oxygen atoms in total. The summed E-state index contributed by atoms with van der Waals surface area (Å²) in [4.78, 5) is 55.2. The van der Waals surface area contributed by atoms with Gasteiger partial charge in [-0.05, 0) is 25.0 Å². The highest BCUT2D eigenvalue weighted by molar-refractivity contribution is 8.11. The number of benzene rings is 2. The van der Waals surface area contributed by atoms with E-state index in [4.69, 9.17) is 30.6 Å². The number of nitrogens with zero attached hydrogens (tertiary/aromatic N) is 4. The van der Waals surface area contributed by atoms with Gasteiger partial charge in [0, 0.05) is 49.6 Å². The van der Waals surface area contributed by atoms with Gasteiger partial charge < -0.3 is 19.9 Å². The lowest BCUT2D eigenvalue weighted by atomic mass is 10.2. The van der Waals surface area contributed by atoms with Crippen LogP contribution in [0, 0.1) is 0 Å². The molecule has 57 heavy (non-hydrogen) atoms. The van der Waals surface area contributed by atoms with E-state index in [1.54, 1.807) is 12.3 Å². The highest BCUT2D eigenvalue weighted by Crippen LogP contribution is 2.23. The third kappa shape index (κ3) is 18.0.